The molecule has 2 heterocycles. The molecule has 31 heavy (non-hydrogen) atoms. The van der Waals surface area contributed by atoms with Gasteiger partial charge in [-0.1, -0.05) is 19.1 Å². The highest BCUT2D eigenvalue weighted by molar-refractivity contribution is 5.94. The summed E-state index contributed by atoms with van der Waals surface area (Å²) in [6, 6.07) is 12.7. The van der Waals surface area contributed by atoms with Gasteiger partial charge in [-0.15, -0.1) is 0 Å². The van der Waals surface area contributed by atoms with Crippen molar-refractivity contribution in [3.63, 3.8) is 0 Å². The summed E-state index contributed by atoms with van der Waals surface area (Å²) < 4.78 is 17.2. The number of nitrogens with zero attached hydrogens (tertiary/aromatic N) is 2. The molecule has 0 aliphatic carbocycles. The minimum Gasteiger partial charge on any atom is -0.490 e. The highest BCUT2D eigenvalue weighted by Gasteiger charge is 2.13. The quantitative estimate of drug-likeness (QED) is 0.500. The van der Waals surface area contributed by atoms with Crippen molar-refractivity contribution in [2.24, 2.45) is 0 Å². The number of benzene rings is 1. The molecule has 0 atom stereocenters. The van der Waals surface area contributed by atoms with E-state index in [1.807, 2.05) is 38.1 Å². The molecule has 0 unspecified atom stereocenters. The van der Waals surface area contributed by atoms with Gasteiger partial charge in [-0.05, 0) is 43.7 Å². The maximum atomic E-state index is 12.7. The van der Waals surface area contributed by atoms with Gasteiger partial charge in [-0.2, -0.15) is 0 Å². The Morgan fingerprint density at radius 2 is 1.87 bits per heavy atom. The van der Waals surface area contributed by atoms with Gasteiger partial charge in [0, 0.05) is 41.8 Å². The first-order valence-corrected chi connectivity index (χ1v) is 10.3. The van der Waals surface area contributed by atoms with Crippen LogP contribution in [0.5, 0.6) is 17.4 Å². The summed E-state index contributed by atoms with van der Waals surface area (Å²) in [6.45, 7) is 5.64. The number of hydrogen-bond acceptors (Lipinski definition) is 6. The Hall–Kier alpha value is -3.61. The SMILES string of the molecule is CCCOc1ncccc1CNC(=O)c1ccc(OCc2cccnc2)c(OCC)c1. The molecule has 0 aliphatic heterocycles. The number of carbonyl (C=O) groups excluding carboxylic acids is 1. The second-order valence-electron chi connectivity index (χ2n) is 6.74. The smallest absolute Gasteiger partial charge is 0.251 e. The molecule has 0 aliphatic rings. The Balaban J connectivity index is 1.66. The molecule has 2 aromatic heterocycles. The van der Waals surface area contributed by atoms with Gasteiger partial charge in [0.2, 0.25) is 5.88 Å². The normalized spacial score (nSPS) is 10.4. The van der Waals surface area contributed by atoms with E-state index in [1.54, 1.807) is 36.8 Å². The molecule has 0 saturated carbocycles. The molecular weight excluding hydrogens is 394 g/mol. The molecule has 1 aromatic carbocycles. The predicted octanol–water partition coefficient (Wildman–Crippen LogP) is 4.17. The van der Waals surface area contributed by atoms with Crippen molar-refractivity contribution >= 4 is 5.91 Å². The van der Waals surface area contributed by atoms with Crippen molar-refractivity contribution in [3.8, 4) is 17.4 Å². The zero-order valence-electron chi connectivity index (χ0n) is 17.8. The Kier molecular flexibility index (Phi) is 8.22. The molecular formula is C24H27N3O4. The van der Waals surface area contributed by atoms with Crippen molar-refractivity contribution in [2.75, 3.05) is 13.2 Å². The molecule has 3 aromatic rings. The van der Waals surface area contributed by atoms with Gasteiger partial charge >= 0.3 is 0 Å². The summed E-state index contributed by atoms with van der Waals surface area (Å²) in [5.41, 5.74) is 2.26. The number of amides is 1. The van der Waals surface area contributed by atoms with E-state index in [1.165, 1.54) is 0 Å². The van der Waals surface area contributed by atoms with Crippen molar-refractivity contribution in [1.29, 1.82) is 0 Å². The summed E-state index contributed by atoms with van der Waals surface area (Å²) in [5.74, 6) is 1.42. The molecule has 0 bridgehead atoms. The number of ether oxygens (including phenoxy) is 3. The Bertz CT molecular complexity index is 980. The molecule has 1 N–H and O–H groups in total. The Morgan fingerprint density at radius 3 is 2.65 bits per heavy atom. The maximum Gasteiger partial charge on any atom is 0.251 e. The summed E-state index contributed by atoms with van der Waals surface area (Å²) in [4.78, 5) is 21.0. The third-order valence-electron chi connectivity index (χ3n) is 4.36. The average molecular weight is 421 g/mol. The van der Waals surface area contributed by atoms with E-state index in [0.717, 1.165) is 17.5 Å². The summed E-state index contributed by atoms with van der Waals surface area (Å²) in [5, 5.41) is 2.92. The molecule has 7 heteroatoms. The molecule has 3 rings (SSSR count). The van der Waals surface area contributed by atoms with Gasteiger partial charge in [-0.25, -0.2) is 4.98 Å². The van der Waals surface area contributed by atoms with E-state index in [0.29, 0.717) is 49.3 Å². The zero-order chi connectivity index (χ0) is 21.9. The number of carbonyl (C=O) groups is 1. The molecule has 7 nitrogen and oxygen atoms in total. The average Bonchev–Trinajstić information content (AvgIpc) is 2.81. The molecule has 0 radical (unpaired) electrons. The minimum absolute atomic E-state index is 0.218. The van der Waals surface area contributed by atoms with Crippen LogP contribution >= 0.6 is 0 Å². The second kappa shape index (κ2) is 11.5. The van der Waals surface area contributed by atoms with Crippen LogP contribution in [0.25, 0.3) is 0 Å². The van der Waals surface area contributed by atoms with Gasteiger partial charge < -0.3 is 19.5 Å². The van der Waals surface area contributed by atoms with Crippen LogP contribution in [0.2, 0.25) is 0 Å². The van der Waals surface area contributed by atoms with E-state index in [2.05, 4.69) is 15.3 Å². The van der Waals surface area contributed by atoms with Crippen LogP contribution < -0.4 is 19.5 Å². The molecule has 0 fully saturated rings. The predicted molar refractivity (Wildman–Crippen MR) is 117 cm³/mol. The highest BCUT2D eigenvalue weighted by Crippen LogP contribution is 2.29. The number of hydrogen-bond donors (Lipinski definition) is 1. The number of pyridine rings is 2. The first-order valence-electron chi connectivity index (χ1n) is 10.3. The Morgan fingerprint density at radius 1 is 1.00 bits per heavy atom. The van der Waals surface area contributed by atoms with Crippen LogP contribution in [0.4, 0.5) is 0 Å². The lowest BCUT2D eigenvalue weighted by atomic mass is 10.1. The molecule has 0 saturated heterocycles. The second-order valence-corrected chi connectivity index (χ2v) is 6.74. The van der Waals surface area contributed by atoms with Crippen molar-refractivity contribution in [1.82, 2.24) is 15.3 Å². The summed E-state index contributed by atoms with van der Waals surface area (Å²) in [6.07, 6.45) is 6.03. The molecule has 1 amide bonds. The fourth-order valence-electron chi connectivity index (χ4n) is 2.85. The monoisotopic (exact) mass is 421 g/mol. The Labute approximate surface area is 182 Å². The van der Waals surface area contributed by atoms with Gasteiger partial charge in [0.25, 0.3) is 5.91 Å². The van der Waals surface area contributed by atoms with Crippen LogP contribution in [0.15, 0.2) is 61.1 Å². The number of aromatic nitrogens is 2. The van der Waals surface area contributed by atoms with Crippen molar-refractivity contribution < 1.29 is 19.0 Å². The van der Waals surface area contributed by atoms with E-state index >= 15 is 0 Å². The van der Waals surface area contributed by atoms with Gasteiger partial charge in [-0.3, -0.25) is 9.78 Å². The van der Waals surface area contributed by atoms with Crippen LogP contribution in [0, 0.1) is 0 Å². The number of rotatable bonds is 11. The molecule has 162 valence electrons. The zero-order valence-corrected chi connectivity index (χ0v) is 17.8. The van der Waals surface area contributed by atoms with Crippen LogP contribution in [-0.2, 0) is 13.2 Å². The van der Waals surface area contributed by atoms with E-state index < -0.39 is 0 Å². The first kappa shape index (κ1) is 22.1. The fourth-order valence-corrected chi connectivity index (χ4v) is 2.85. The van der Waals surface area contributed by atoms with Gasteiger partial charge in [0.15, 0.2) is 11.5 Å². The summed E-state index contributed by atoms with van der Waals surface area (Å²) in [7, 11) is 0. The van der Waals surface area contributed by atoms with Crippen LogP contribution in [0.3, 0.4) is 0 Å². The van der Waals surface area contributed by atoms with Crippen LogP contribution in [-0.4, -0.2) is 29.1 Å². The van der Waals surface area contributed by atoms with Crippen LogP contribution in [0.1, 0.15) is 41.8 Å². The lowest BCUT2D eigenvalue weighted by molar-refractivity contribution is 0.0950. The highest BCUT2D eigenvalue weighted by atomic mass is 16.5. The van der Waals surface area contributed by atoms with E-state index in [9.17, 15) is 4.79 Å². The number of nitrogens with one attached hydrogen (secondary N) is 1. The lowest BCUT2D eigenvalue weighted by Gasteiger charge is -2.14. The van der Waals surface area contributed by atoms with Crippen molar-refractivity contribution in [2.45, 2.75) is 33.4 Å². The topological polar surface area (TPSA) is 82.6 Å². The third kappa shape index (κ3) is 6.44. The largest absolute Gasteiger partial charge is 0.490 e. The third-order valence-corrected chi connectivity index (χ3v) is 4.36. The lowest BCUT2D eigenvalue weighted by Crippen LogP contribution is -2.23. The standard InChI is InChI=1S/C24H27N3O4/c1-3-13-30-24-20(8-6-12-26-24)16-27-23(28)19-9-10-21(22(14-19)29-4-2)31-17-18-7-5-11-25-15-18/h5-12,14-15H,3-4,13,16-17H2,1-2H3,(H,27,28). The van der Waals surface area contributed by atoms with E-state index in [-0.39, 0.29) is 5.91 Å². The van der Waals surface area contributed by atoms with E-state index in [4.69, 9.17) is 14.2 Å². The maximum absolute atomic E-state index is 12.7. The first-order chi connectivity index (χ1) is 15.2. The van der Waals surface area contributed by atoms with Crippen molar-refractivity contribution in [3.05, 3.63) is 77.7 Å². The summed E-state index contributed by atoms with van der Waals surface area (Å²) >= 11 is 0. The van der Waals surface area contributed by atoms with Gasteiger partial charge in [0.05, 0.1) is 13.2 Å². The fraction of sp³-hybridized carbons (Fsp3) is 0.292. The molecule has 0 spiro atoms. The van der Waals surface area contributed by atoms with Gasteiger partial charge in [0.1, 0.15) is 6.61 Å². The minimum atomic E-state index is -0.218.